The Morgan fingerprint density at radius 3 is 2.49 bits per heavy atom. The number of hydrogen-bond acceptors (Lipinski definition) is 4. The molecule has 2 aromatic carbocycles. The number of halogens is 3. The molecular weight excluding hydrogens is 476 g/mol. The van der Waals surface area contributed by atoms with E-state index >= 15 is 0 Å². The zero-order valence-corrected chi connectivity index (χ0v) is 18.8. The van der Waals surface area contributed by atoms with Crippen LogP contribution in [-0.2, 0) is 26.9 Å². The first-order valence-electron chi connectivity index (χ1n) is 10.4. The van der Waals surface area contributed by atoms with E-state index in [1.54, 1.807) is 0 Å². The molecule has 2 N–H and O–H groups in total. The second kappa shape index (κ2) is 8.82. The SMILES string of the molecule is [B]C(NC(=O)C(F)(F)c1ccc(Cl)cc1)c1ccc2c(c1)CN([C@]1([B])C(=O)NC(=O)CC1[B])C2=O. The van der Waals surface area contributed by atoms with E-state index in [0.717, 1.165) is 17.0 Å². The smallest absolute Gasteiger partial charge is 0.349 e. The molecule has 4 amide bonds. The maximum atomic E-state index is 14.6. The molecule has 2 heterocycles. The van der Waals surface area contributed by atoms with Crippen LogP contribution in [0, 0.1) is 0 Å². The molecule has 3 atom stereocenters. The quantitative estimate of drug-likeness (QED) is 0.486. The van der Waals surface area contributed by atoms with Crippen LogP contribution in [0.4, 0.5) is 8.78 Å². The predicted molar refractivity (Wildman–Crippen MR) is 124 cm³/mol. The van der Waals surface area contributed by atoms with Gasteiger partial charge in [-0.2, -0.15) is 8.78 Å². The molecule has 0 aromatic heterocycles. The zero-order valence-electron chi connectivity index (χ0n) is 18.1. The summed E-state index contributed by atoms with van der Waals surface area (Å²) in [4.78, 5) is 50.4. The fraction of sp³-hybridized carbons (Fsp3) is 0.273. The number of amides is 4. The Morgan fingerprint density at radius 2 is 1.86 bits per heavy atom. The zero-order chi connectivity index (χ0) is 25.7. The average molecular weight is 491 g/mol. The van der Waals surface area contributed by atoms with Gasteiger partial charge < -0.3 is 10.2 Å². The second-order valence-electron chi connectivity index (χ2n) is 8.35. The standard InChI is InChI=1S/C22H15B3ClF2N3O4/c23-15-8-16(32)29-19(34)21(15,25)31-9-11-7-10(1-6-14(11)18(31)33)17(24)30-20(35)22(27,28)12-2-4-13(26)5-3-12/h1-7,15,17H,8-9H2,(H,30,35)(H,29,32,34)/t15?,17?,21-/m0/s1. The molecule has 13 heteroatoms. The summed E-state index contributed by atoms with van der Waals surface area (Å²) in [6, 6.07) is 8.76. The molecule has 1 fully saturated rings. The number of alkyl halides is 2. The van der Waals surface area contributed by atoms with Crippen molar-refractivity contribution >= 4 is 58.8 Å². The van der Waals surface area contributed by atoms with Crippen LogP contribution >= 0.6 is 11.6 Å². The van der Waals surface area contributed by atoms with Gasteiger partial charge in [0.15, 0.2) is 0 Å². The van der Waals surface area contributed by atoms with Crippen LogP contribution in [0.15, 0.2) is 42.5 Å². The van der Waals surface area contributed by atoms with E-state index < -0.39 is 52.3 Å². The lowest BCUT2D eigenvalue weighted by atomic mass is 9.56. The summed E-state index contributed by atoms with van der Waals surface area (Å²) in [5, 5.41) is 4.38. The van der Waals surface area contributed by atoms with E-state index in [9.17, 15) is 28.0 Å². The Labute approximate surface area is 208 Å². The number of rotatable bonds is 5. The Kier molecular flexibility index (Phi) is 6.29. The highest BCUT2D eigenvalue weighted by Crippen LogP contribution is 2.38. The maximum absolute atomic E-state index is 14.6. The summed E-state index contributed by atoms with van der Waals surface area (Å²) in [7, 11) is 18.1. The summed E-state index contributed by atoms with van der Waals surface area (Å²) in [6.45, 7) is -0.143. The van der Waals surface area contributed by atoms with Gasteiger partial charge in [-0.05, 0) is 35.1 Å². The lowest BCUT2D eigenvalue weighted by molar-refractivity contribution is -0.147. The van der Waals surface area contributed by atoms with Crippen LogP contribution in [0.25, 0.3) is 0 Å². The van der Waals surface area contributed by atoms with Crippen molar-refractivity contribution in [3.63, 3.8) is 0 Å². The molecule has 1 saturated heterocycles. The number of imide groups is 1. The Bertz CT molecular complexity index is 1250. The lowest BCUT2D eigenvalue weighted by Gasteiger charge is -2.45. The fourth-order valence-corrected chi connectivity index (χ4v) is 4.19. The van der Waals surface area contributed by atoms with Crippen molar-refractivity contribution in [1.82, 2.24) is 15.5 Å². The first-order valence-corrected chi connectivity index (χ1v) is 10.8. The summed E-state index contributed by atoms with van der Waals surface area (Å²) in [6.07, 6.45) is -0.258. The van der Waals surface area contributed by atoms with Gasteiger partial charge in [0.25, 0.3) is 11.8 Å². The average Bonchev–Trinajstić information content (AvgIpc) is 3.13. The summed E-state index contributed by atoms with van der Waals surface area (Å²) in [5.41, 5.74) is -1.71. The van der Waals surface area contributed by atoms with Gasteiger partial charge in [0.05, 0.1) is 13.3 Å². The topological polar surface area (TPSA) is 95.6 Å². The molecule has 0 bridgehead atoms. The number of piperidine rings is 1. The third-order valence-corrected chi connectivity index (χ3v) is 6.36. The summed E-state index contributed by atoms with van der Waals surface area (Å²) < 4.78 is 29.2. The minimum absolute atomic E-state index is 0.143. The van der Waals surface area contributed by atoms with Crippen LogP contribution in [0.3, 0.4) is 0 Å². The van der Waals surface area contributed by atoms with Crippen LogP contribution in [0.1, 0.15) is 39.4 Å². The van der Waals surface area contributed by atoms with Crippen LogP contribution in [0.5, 0.6) is 0 Å². The monoisotopic (exact) mass is 491 g/mol. The van der Waals surface area contributed by atoms with Crippen LogP contribution in [0.2, 0.25) is 10.8 Å². The number of fused-ring (bicyclic) bond motifs is 1. The molecule has 0 saturated carbocycles. The van der Waals surface area contributed by atoms with Gasteiger partial charge in [-0.25, -0.2) is 0 Å². The minimum Gasteiger partial charge on any atom is -0.352 e. The molecule has 6 radical (unpaired) electrons. The number of nitrogens with one attached hydrogen (secondary N) is 2. The van der Waals surface area contributed by atoms with Crippen molar-refractivity contribution in [2.24, 2.45) is 0 Å². The fourth-order valence-electron chi connectivity index (χ4n) is 4.06. The van der Waals surface area contributed by atoms with Crippen LogP contribution in [-0.4, -0.2) is 57.5 Å². The molecule has 2 aromatic rings. The summed E-state index contributed by atoms with van der Waals surface area (Å²) >= 11 is 5.71. The highest BCUT2D eigenvalue weighted by molar-refractivity contribution is 6.38. The number of carbonyl (C=O) groups is 4. The highest BCUT2D eigenvalue weighted by atomic mass is 35.5. The van der Waals surface area contributed by atoms with Gasteiger partial charge in [-0.3, -0.25) is 24.5 Å². The normalized spacial score (nSPS) is 23.0. The number of carbonyl (C=O) groups excluding carboxylic acids is 4. The molecule has 7 nitrogen and oxygen atoms in total. The Hall–Kier alpha value is -3.14. The first kappa shape index (κ1) is 25.0. The molecule has 2 unspecified atom stereocenters. The Balaban J connectivity index is 1.53. The lowest BCUT2D eigenvalue weighted by Crippen LogP contribution is -2.66. The van der Waals surface area contributed by atoms with E-state index in [0.29, 0.717) is 5.56 Å². The highest BCUT2D eigenvalue weighted by Gasteiger charge is 2.51. The van der Waals surface area contributed by atoms with E-state index in [2.05, 4.69) is 10.6 Å². The van der Waals surface area contributed by atoms with E-state index in [4.69, 9.17) is 35.1 Å². The van der Waals surface area contributed by atoms with Crippen molar-refractivity contribution < 1.29 is 28.0 Å². The number of nitrogens with zero attached hydrogens (tertiary/aromatic N) is 1. The molecule has 172 valence electrons. The molecule has 0 aliphatic carbocycles. The molecule has 35 heavy (non-hydrogen) atoms. The van der Waals surface area contributed by atoms with Gasteiger partial charge in [0.2, 0.25) is 11.8 Å². The van der Waals surface area contributed by atoms with Gasteiger partial charge >= 0.3 is 5.92 Å². The van der Waals surface area contributed by atoms with Crippen molar-refractivity contribution in [1.29, 1.82) is 0 Å². The van der Waals surface area contributed by atoms with E-state index in [1.165, 1.54) is 30.3 Å². The van der Waals surface area contributed by atoms with Gasteiger partial charge in [0, 0.05) is 35.1 Å². The van der Waals surface area contributed by atoms with Gasteiger partial charge in [-0.1, -0.05) is 35.9 Å². The van der Waals surface area contributed by atoms with E-state index in [1.807, 2.05) is 0 Å². The second-order valence-corrected chi connectivity index (χ2v) is 8.79. The molecule has 2 aliphatic rings. The van der Waals surface area contributed by atoms with Crippen LogP contribution < -0.4 is 10.6 Å². The van der Waals surface area contributed by atoms with Crippen molar-refractivity contribution in [2.45, 2.75) is 36.1 Å². The van der Waals surface area contributed by atoms with Crippen molar-refractivity contribution in [2.75, 3.05) is 0 Å². The number of hydrogen-bond donors (Lipinski definition) is 2. The van der Waals surface area contributed by atoms with Gasteiger partial charge in [0.1, 0.15) is 15.7 Å². The van der Waals surface area contributed by atoms with Crippen molar-refractivity contribution in [3.8, 4) is 0 Å². The van der Waals surface area contributed by atoms with E-state index in [-0.39, 0.29) is 29.1 Å². The number of benzene rings is 2. The third kappa shape index (κ3) is 4.24. The molecular formula is C22H15B3ClF2N3O4. The molecule has 2 aliphatic heterocycles. The summed E-state index contributed by atoms with van der Waals surface area (Å²) in [5.74, 6) is -10.1. The van der Waals surface area contributed by atoms with Gasteiger partial charge in [-0.15, -0.1) is 0 Å². The predicted octanol–water partition coefficient (Wildman–Crippen LogP) is 1.24. The largest absolute Gasteiger partial charge is 0.352 e. The first-order chi connectivity index (χ1) is 16.4. The maximum Gasteiger partial charge on any atom is 0.349 e. The van der Waals surface area contributed by atoms with Crippen molar-refractivity contribution in [3.05, 3.63) is 69.7 Å². The minimum atomic E-state index is -3.88. The molecule has 0 spiro atoms. The third-order valence-electron chi connectivity index (χ3n) is 6.10. The molecule has 4 rings (SSSR count). The Morgan fingerprint density at radius 1 is 1.20 bits per heavy atom.